The van der Waals surface area contributed by atoms with E-state index in [1.807, 2.05) is 18.2 Å². The summed E-state index contributed by atoms with van der Waals surface area (Å²) in [6.07, 6.45) is 9.54. The lowest BCUT2D eigenvalue weighted by Crippen LogP contribution is -2.43. The van der Waals surface area contributed by atoms with Gasteiger partial charge < -0.3 is 9.88 Å². The average molecular weight is 415 g/mol. The van der Waals surface area contributed by atoms with Crippen molar-refractivity contribution in [1.29, 1.82) is 0 Å². The zero-order valence-electron chi connectivity index (χ0n) is 16.9. The molecule has 4 rings (SSSR count). The van der Waals surface area contributed by atoms with Crippen LogP contribution in [0, 0.1) is 0 Å². The molecular formula is C21H30N6OS. The number of nitrogens with one attached hydrogen (secondary N) is 3. The van der Waals surface area contributed by atoms with E-state index in [0.29, 0.717) is 12.6 Å². The van der Waals surface area contributed by atoms with Gasteiger partial charge in [0.25, 0.3) is 0 Å². The fourth-order valence-electron chi connectivity index (χ4n) is 4.36. The molecular weight excluding hydrogens is 384 g/mol. The number of benzene rings is 1. The van der Waals surface area contributed by atoms with E-state index >= 15 is 0 Å². The van der Waals surface area contributed by atoms with Gasteiger partial charge in [-0.05, 0) is 37.5 Å². The van der Waals surface area contributed by atoms with Crippen LogP contribution >= 0.6 is 11.8 Å². The quantitative estimate of drug-likeness (QED) is 0.455. The average Bonchev–Trinajstić information content (AvgIpc) is 3.51. The Balaban J connectivity index is 1.24. The molecule has 2 heterocycles. The van der Waals surface area contributed by atoms with Crippen molar-refractivity contribution in [3.05, 3.63) is 41.7 Å². The highest BCUT2D eigenvalue weighted by Crippen LogP contribution is 2.33. The van der Waals surface area contributed by atoms with Crippen LogP contribution < -0.4 is 16.2 Å². The van der Waals surface area contributed by atoms with E-state index in [1.54, 1.807) is 11.8 Å². The van der Waals surface area contributed by atoms with Gasteiger partial charge in [0.2, 0.25) is 5.91 Å². The van der Waals surface area contributed by atoms with Gasteiger partial charge in [-0.3, -0.25) is 4.79 Å². The van der Waals surface area contributed by atoms with E-state index in [-0.39, 0.29) is 18.0 Å². The second-order valence-corrected chi connectivity index (χ2v) is 8.62. The molecule has 1 saturated heterocycles. The van der Waals surface area contributed by atoms with E-state index in [0.717, 1.165) is 30.2 Å². The molecule has 1 amide bonds. The van der Waals surface area contributed by atoms with Crippen LogP contribution in [0.5, 0.6) is 0 Å². The highest BCUT2D eigenvalue weighted by Gasteiger charge is 2.29. The van der Waals surface area contributed by atoms with E-state index in [1.165, 1.54) is 31.2 Å². The van der Waals surface area contributed by atoms with Crippen LogP contribution in [-0.2, 0) is 11.2 Å². The minimum absolute atomic E-state index is 0.0537. The second-order valence-electron chi connectivity index (χ2n) is 7.85. The third-order valence-electron chi connectivity index (χ3n) is 5.91. The SMILES string of the molecule is CSc1nnc(CCCNC(=O)C2CC(c3ccccc3)NN2)n1C1CCCC1. The highest BCUT2D eigenvalue weighted by atomic mass is 32.2. The molecule has 2 atom stereocenters. The summed E-state index contributed by atoms with van der Waals surface area (Å²) in [5.41, 5.74) is 7.56. The van der Waals surface area contributed by atoms with Gasteiger partial charge in [-0.15, -0.1) is 10.2 Å². The molecule has 1 aromatic carbocycles. The Morgan fingerprint density at radius 1 is 1.21 bits per heavy atom. The number of nitrogens with zero attached hydrogens (tertiary/aromatic N) is 3. The first kappa shape index (κ1) is 20.4. The van der Waals surface area contributed by atoms with Crippen molar-refractivity contribution in [3.8, 4) is 0 Å². The maximum absolute atomic E-state index is 12.5. The number of hydrogen-bond acceptors (Lipinski definition) is 6. The molecule has 156 valence electrons. The molecule has 2 fully saturated rings. The van der Waals surface area contributed by atoms with Gasteiger partial charge in [0, 0.05) is 25.0 Å². The standard InChI is InChI=1S/C21H30N6OS/c1-29-21-26-25-19(27(21)16-10-5-6-11-16)12-7-13-22-20(28)18-14-17(23-24-18)15-8-3-2-4-9-15/h2-4,8-9,16-18,23-24H,5-7,10-14H2,1H3,(H,22,28). The molecule has 29 heavy (non-hydrogen) atoms. The van der Waals surface area contributed by atoms with Crippen LogP contribution in [0.15, 0.2) is 35.5 Å². The minimum atomic E-state index is -0.203. The van der Waals surface area contributed by atoms with Gasteiger partial charge in [-0.1, -0.05) is 54.9 Å². The van der Waals surface area contributed by atoms with Crippen molar-refractivity contribution in [1.82, 2.24) is 30.9 Å². The van der Waals surface area contributed by atoms with Crippen molar-refractivity contribution in [2.24, 2.45) is 0 Å². The maximum Gasteiger partial charge on any atom is 0.238 e. The molecule has 1 saturated carbocycles. The Morgan fingerprint density at radius 2 is 2.00 bits per heavy atom. The summed E-state index contributed by atoms with van der Waals surface area (Å²) in [4.78, 5) is 12.5. The summed E-state index contributed by atoms with van der Waals surface area (Å²) >= 11 is 1.67. The van der Waals surface area contributed by atoms with Gasteiger partial charge >= 0.3 is 0 Å². The Labute approximate surface area is 176 Å². The zero-order valence-corrected chi connectivity index (χ0v) is 17.8. The van der Waals surface area contributed by atoms with Gasteiger partial charge in [0.05, 0.1) is 0 Å². The van der Waals surface area contributed by atoms with Crippen molar-refractivity contribution >= 4 is 17.7 Å². The minimum Gasteiger partial charge on any atom is -0.355 e. The fraction of sp³-hybridized carbons (Fsp3) is 0.571. The summed E-state index contributed by atoms with van der Waals surface area (Å²) in [5, 5.41) is 12.9. The normalized spacial score (nSPS) is 22.2. The van der Waals surface area contributed by atoms with E-state index in [9.17, 15) is 4.79 Å². The molecule has 1 aliphatic carbocycles. The third kappa shape index (κ3) is 4.82. The molecule has 2 unspecified atom stereocenters. The summed E-state index contributed by atoms with van der Waals surface area (Å²) in [6.45, 7) is 0.652. The Morgan fingerprint density at radius 3 is 2.76 bits per heavy atom. The second kappa shape index (κ2) is 9.73. The first-order valence-corrected chi connectivity index (χ1v) is 11.8. The van der Waals surface area contributed by atoms with E-state index in [2.05, 4.69) is 49.3 Å². The van der Waals surface area contributed by atoms with Crippen molar-refractivity contribution in [2.45, 2.75) is 68.2 Å². The number of carbonyl (C=O) groups excluding carboxylic acids is 1. The smallest absolute Gasteiger partial charge is 0.238 e. The molecule has 0 bridgehead atoms. The van der Waals surface area contributed by atoms with E-state index in [4.69, 9.17) is 0 Å². The number of amides is 1. The van der Waals surface area contributed by atoms with Crippen molar-refractivity contribution in [3.63, 3.8) is 0 Å². The van der Waals surface area contributed by atoms with Crippen LogP contribution in [0.25, 0.3) is 0 Å². The lowest BCUT2D eigenvalue weighted by molar-refractivity contribution is -0.122. The third-order valence-corrected chi connectivity index (χ3v) is 6.55. The molecule has 3 N–H and O–H groups in total. The molecule has 7 nitrogen and oxygen atoms in total. The topological polar surface area (TPSA) is 83.9 Å². The van der Waals surface area contributed by atoms with Crippen LogP contribution in [-0.4, -0.2) is 39.5 Å². The summed E-state index contributed by atoms with van der Waals surface area (Å²) in [5.74, 6) is 1.11. The molecule has 0 radical (unpaired) electrons. The Bertz CT molecular complexity index is 805. The molecule has 0 spiro atoms. The predicted octanol–water partition coefficient (Wildman–Crippen LogP) is 2.77. The van der Waals surface area contributed by atoms with Gasteiger partial charge in [-0.2, -0.15) is 0 Å². The largest absolute Gasteiger partial charge is 0.355 e. The lowest BCUT2D eigenvalue weighted by Gasteiger charge is -2.16. The number of rotatable bonds is 8. The molecule has 8 heteroatoms. The predicted molar refractivity (Wildman–Crippen MR) is 114 cm³/mol. The molecule has 2 aromatic rings. The summed E-state index contributed by atoms with van der Waals surface area (Å²) in [6, 6.07) is 10.7. The summed E-state index contributed by atoms with van der Waals surface area (Å²) in [7, 11) is 0. The maximum atomic E-state index is 12.5. The van der Waals surface area contributed by atoms with Crippen LogP contribution in [0.4, 0.5) is 0 Å². The van der Waals surface area contributed by atoms with Crippen LogP contribution in [0.2, 0.25) is 0 Å². The fourth-order valence-corrected chi connectivity index (χ4v) is 4.93. The van der Waals surface area contributed by atoms with Crippen LogP contribution in [0.3, 0.4) is 0 Å². The Kier molecular flexibility index (Phi) is 6.84. The van der Waals surface area contributed by atoms with Gasteiger partial charge in [0.15, 0.2) is 5.16 Å². The zero-order chi connectivity index (χ0) is 20.1. The summed E-state index contributed by atoms with van der Waals surface area (Å²) < 4.78 is 2.34. The Hall–Kier alpha value is -1.90. The molecule has 1 aliphatic heterocycles. The first-order chi connectivity index (χ1) is 14.3. The highest BCUT2D eigenvalue weighted by molar-refractivity contribution is 7.98. The van der Waals surface area contributed by atoms with Gasteiger partial charge in [0.1, 0.15) is 11.9 Å². The number of hydrazine groups is 1. The number of aromatic nitrogens is 3. The molecule has 1 aromatic heterocycles. The van der Waals surface area contributed by atoms with Crippen molar-refractivity contribution < 1.29 is 4.79 Å². The van der Waals surface area contributed by atoms with Crippen molar-refractivity contribution in [2.75, 3.05) is 12.8 Å². The number of thioether (sulfide) groups is 1. The number of aryl methyl sites for hydroxylation is 1. The molecule has 2 aliphatic rings. The number of carbonyl (C=O) groups is 1. The van der Waals surface area contributed by atoms with E-state index < -0.39 is 0 Å². The van der Waals surface area contributed by atoms with Gasteiger partial charge in [-0.25, -0.2) is 10.9 Å². The number of hydrogen-bond donors (Lipinski definition) is 3. The lowest BCUT2D eigenvalue weighted by atomic mass is 10.0. The first-order valence-electron chi connectivity index (χ1n) is 10.6. The monoisotopic (exact) mass is 414 g/mol. The van der Waals surface area contributed by atoms with Crippen LogP contribution in [0.1, 0.15) is 62.0 Å².